The molecule has 8 nitrogen and oxygen atoms in total. The first-order valence-corrected chi connectivity index (χ1v) is 11.8. The van der Waals surface area contributed by atoms with Crippen molar-refractivity contribution >= 4 is 52.2 Å². The third kappa shape index (κ3) is 6.00. The van der Waals surface area contributed by atoms with Gasteiger partial charge in [-0.3, -0.25) is 10.1 Å². The summed E-state index contributed by atoms with van der Waals surface area (Å²) in [5, 5.41) is 6.35. The van der Waals surface area contributed by atoms with Gasteiger partial charge in [0.1, 0.15) is 5.76 Å². The lowest BCUT2D eigenvalue weighted by atomic mass is 10.1. The number of furan rings is 1. The van der Waals surface area contributed by atoms with E-state index in [-0.39, 0.29) is 10.9 Å². The minimum absolute atomic E-state index is 0.0769. The molecule has 2 aromatic carbocycles. The van der Waals surface area contributed by atoms with Crippen molar-refractivity contribution in [3.63, 3.8) is 0 Å². The highest BCUT2D eigenvalue weighted by Crippen LogP contribution is 2.29. The number of methoxy groups -OCH3 is 1. The molecule has 10 heteroatoms. The average molecular weight is 513 g/mol. The van der Waals surface area contributed by atoms with Crippen molar-refractivity contribution in [2.24, 2.45) is 0 Å². The Morgan fingerprint density at radius 3 is 2.54 bits per heavy atom. The first kappa shape index (κ1) is 24.7. The molecule has 1 amide bonds. The van der Waals surface area contributed by atoms with Crippen LogP contribution in [0.3, 0.4) is 0 Å². The molecule has 1 aliphatic rings. The van der Waals surface area contributed by atoms with Crippen LogP contribution in [0.15, 0.2) is 59.0 Å². The molecular formula is C25H25ClN4O4S. The van der Waals surface area contributed by atoms with E-state index in [0.29, 0.717) is 22.0 Å². The molecule has 1 fully saturated rings. The molecule has 182 valence electrons. The topological polar surface area (TPSA) is 87.0 Å². The van der Waals surface area contributed by atoms with Crippen LogP contribution in [0.4, 0.5) is 11.4 Å². The zero-order chi connectivity index (χ0) is 24.9. The van der Waals surface area contributed by atoms with Crippen molar-refractivity contribution in [2.75, 3.05) is 50.6 Å². The molecule has 0 atom stereocenters. The van der Waals surface area contributed by atoms with Gasteiger partial charge in [0.15, 0.2) is 10.9 Å². The number of hydrogen-bond acceptors (Lipinski definition) is 7. The van der Waals surface area contributed by atoms with E-state index in [9.17, 15) is 9.59 Å². The zero-order valence-electron chi connectivity index (χ0n) is 19.3. The number of halogens is 1. The molecule has 0 spiro atoms. The summed E-state index contributed by atoms with van der Waals surface area (Å²) < 4.78 is 10.6. The molecule has 0 unspecified atom stereocenters. The number of thiocarbonyl (C=S) groups is 1. The first-order valence-electron chi connectivity index (χ1n) is 11.0. The second-order valence-corrected chi connectivity index (χ2v) is 8.94. The molecule has 0 bridgehead atoms. The van der Waals surface area contributed by atoms with Crippen LogP contribution in [0.25, 0.3) is 11.3 Å². The summed E-state index contributed by atoms with van der Waals surface area (Å²) in [6.45, 7) is 3.46. The Labute approximate surface area is 213 Å². The summed E-state index contributed by atoms with van der Waals surface area (Å²) in [5.41, 5.74) is 2.61. The molecule has 35 heavy (non-hydrogen) atoms. The number of carbonyl (C=O) groups is 2. The number of carbonyl (C=O) groups excluding carboxylic acids is 2. The summed E-state index contributed by atoms with van der Waals surface area (Å²) in [6.07, 6.45) is 0. The summed E-state index contributed by atoms with van der Waals surface area (Å²) in [4.78, 5) is 29.3. The number of piperazine rings is 1. The number of anilines is 2. The summed E-state index contributed by atoms with van der Waals surface area (Å²) in [7, 11) is 3.41. The second kappa shape index (κ2) is 10.9. The predicted molar refractivity (Wildman–Crippen MR) is 140 cm³/mol. The van der Waals surface area contributed by atoms with Crippen LogP contribution in [0.5, 0.6) is 0 Å². The van der Waals surface area contributed by atoms with Crippen LogP contribution in [0.2, 0.25) is 5.02 Å². The molecule has 3 aromatic rings. The highest BCUT2D eigenvalue weighted by molar-refractivity contribution is 7.80. The number of rotatable bonds is 5. The van der Waals surface area contributed by atoms with Crippen LogP contribution in [0.1, 0.15) is 20.9 Å². The molecule has 0 radical (unpaired) electrons. The Hall–Kier alpha value is -3.40. The number of hydrogen-bond donors (Lipinski definition) is 2. The molecular weight excluding hydrogens is 488 g/mol. The van der Waals surface area contributed by atoms with Crippen LogP contribution in [0, 0.1) is 0 Å². The molecule has 1 aromatic heterocycles. The van der Waals surface area contributed by atoms with Crippen molar-refractivity contribution in [1.29, 1.82) is 0 Å². The van der Waals surface area contributed by atoms with E-state index in [1.165, 1.54) is 7.11 Å². The lowest BCUT2D eigenvalue weighted by Gasteiger charge is -2.35. The van der Waals surface area contributed by atoms with Gasteiger partial charge in [0.25, 0.3) is 5.91 Å². The largest absolute Gasteiger partial charge is 0.465 e. The van der Waals surface area contributed by atoms with E-state index in [4.69, 9.17) is 33.0 Å². The van der Waals surface area contributed by atoms with Gasteiger partial charge in [0.05, 0.1) is 24.0 Å². The van der Waals surface area contributed by atoms with E-state index >= 15 is 0 Å². The van der Waals surface area contributed by atoms with Gasteiger partial charge in [-0.05, 0) is 61.7 Å². The van der Waals surface area contributed by atoms with Crippen LogP contribution < -0.4 is 15.5 Å². The van der Waals surface area contributed by atoms with Gasteiger partial charge in [-0.25, -0.2) is 4.79 Å². The average Bonchev–Trinajstić information content (AvgIpc) is 3.35. The number of nitrogens with one attached hydrogen (secondary N) is 2. The quantitative estimate of drug-likeness (QED) is 0.387. The van der Waals surface area contributed by atoms with Crippen LogP contribution in [-0.2, 0) is 4.74 Å². The molecule has 2 N–H and O–H groups in total. The van der Waals surface area contributed by atoms with E-state index in [0.717, 1.165) is 37.4 Å². The lowest BCUT2D eigenvalue weighted by molar-refractivity contribution is 0.0600. The smallest absolute Gasteiger partial charge is 0.337 e. The number of benzene rings is 2. The first-order chi connectivity index (χ1) is 16.8. The third-order valence-corrected chi connectivity index (χ3v) is 6.12. The second-order valence-electron chi connectivity index (χ2n) is 8.10. The van der Waals surface area contributed by atoms with Crippen LogP contribution in [-0.4, -0.2) is 62.2 Å². The highest BCUT2D eigenvalue weighted by atomic mass is 35.5. The van der Waals surface area contributed by atoms with Crippen molar-refractivity contribution in [3.05, 3.63) is 70.9 Å². The predicted octanol–water partition coefficient (Wildman–Crippen LogP) is 4.27. The van der Waals surface area contributed by atoms with Crippen molar-refractivity contribution in [2.45, 2.75) is 0 Å². The number of ether oxygens (including phenoxy) is 1. The maximum Gasteiger partial charge on any atom is 0.337 e. The SMILES string of the molecule is COC(=O)c1ccc(N2CCN(C)CC2)c(NC(=S)NC(=O)c2ccc(-c3cccc(Cl)c3)o2)c1. The fourth-order valence-electron chi connectivity index (χ4n) is 3.78. The van der Waals surface area contributed by atoms with Crippen molar-refractivity contribution in [3.8, 4) is 11.3 Å². The van der Waals surface area contributed by atoms with Gasteiger partial charge in [-0.2, -0.15) is 0 Å². The normalized spacial score (nSPS) is 13.9. The van der Waals surface area contributed by atoms with Gasteiger partial charge < -0.3 is 24.3 Å². The third-order valence-electron chi connectivity index (χ3n) is 5.68. The van der Waals surface area contributed by atoms with Gasteiger partial charge in [0, 0.05) is 36.8 Å². The van der Waals surface area contributed by atoms with E-state index < -0.39 is 11.9 Å². The van der Waals surface area contributed by atoms with Gasteiger partial charge in [-0.1, -0.05) is 23.7 Å². The van der Waals surface area contributed by atoms with Crippen LogP contribution >= 0.6 is 23.8 Å². The highest BCUT2D eigenvalue weighted by Gasteiger charge is 2.20. The maximum atomic E-state index is 12.8. The van der Waals surface area contributed by atoms with Gasteiger partial charge in [0.2, 0.25) is 0 Å². The molecule has 2 heterocycles. The van der Waals surface area contributed by atoms with E-state index in [2.05, 4.69) is 27.5 Å². The minimum atomic E-state index is -0.499. The summed E-state index contributed by atoms with van der Waals surface area (Å²) >= 11 is 11.4. The Kier molecular flexibility index (Phi) is 7.70. The number of likely N-dealkylation sites (N-methyl/N-ethyl adjacent to an activating group) is 1. The fourth-order valence-corrected chi connectivity index (χ4v) is 4.17. The lowest BCUT2D eigenvalue weighted by Crippen LogP contribution is -2.45. The molecule has 0 saturated carbocycles. The summed E-state index contributed by atoms with van der Waals surface area (Å²) in [5.74, 6) is -0.343. The zero-order valence-corrected chi connectivity index (χ0v) is 20.9. The van der Waals surface area contributed by atoms with Gasteiger partial charge >= 0.3 is 5.97 Å². The Morgan fingerprint density at radius 2 is 1.83 bits per heavy atom. The molecule has 4 rings (SSSR count). The van der Waals surface area contributed by atoms with Crippen molar-refractivity contribution in [1.82, 2.24) is 10.2 Å². The Bertz CT molecular complexity index is 1250. The Morgan fingerprint density at radius 1 is 1.06 bits per heavy atom. The van der Waals surface area contributed by atoms with E-state index in [1.54, 1.807) is 42.5 Å². The maximum absolute atomic E-state index is 12.8. The number of nitrogens with zero attached hydrogens (tertiary/aromatic N) is 2. The molecule has 1 saturated heterocycles. The molecule has 0 aliphatic carbocycles. The number of amides is 1. The standard InChI is InChI=1S/C25H25ClN4O4S/c1-29-10-12-30(13-11-29)20-7-6-17(24(32)33-2)15-19(20)27-25(35)28-23(31)22-9-8-21(34-22)16-4-3-5-18(26)14-16/h3-9,14-15H,10-13H2,1-2H3,(H2,27,28,31,35). The molecule has 1 aliphatic heterocycles. The van der Waals surface area contributed by atoms with Gasteiger partial charge in [-0.15, -0.1) is 0 Å². The summed E-state index contributed by atoms with van der Waals surface area (Å²) in [6, 6.07) is 15.7. The monoisotopic (exact) mass is 512 g/mol. The van der Waals surface area contributed by atoms with Crippen molar-refractivity contribution < 1.29 is 18.7 Å². The number of esters is 1. The van der Waals surface area contributed by atoms with E-state index in [1.807, 2.05) is 12.1 Å². The Balaban J connectivity index is 1.49. The fraction of sp³-hybridized carbons (Fsp3) is 0.240. The minimum Gasteiger partial charge on any atom is -0.465 e.